The molecule has 1 atom stereocenters. The number of piperidine rings is 1. The predicted molar refractivity (Wildman–Crippen MR) is 90.4 cm³/mol. The van der Waals surface area contributed by atoms with E-state index in [1.807, 2.05) is 36.4 Å². The molecule has 0 amide bonds. The molecule has 0 aromatic heterocycles. The van der Waals surface area contributed by atoms with Gasteiger partial charge in [0.25, 0.3) is 0 Å². The molecule has 2 aromatic carbocycles. The van der Waals surface area contributed by atoms with Crippen LogP contribution in [0, 0.1) is 5.82 Å². The van der Waals surface area contributed by atoms with Crippen molar-refractivity contribution in [2.45, 2.75) is 38.1 Å². The van der Waals surface area contributed by atoms with Crippen molar-refractivity contribution < 1.29 is 4.39 Å². The van der Waals surface area contributed by atoms with Crippen LogP contribution in [-0.2, 0) is 6.42 Å². The normalized spacial score (nSPS) is 19.3. The van der Waals surface area contributed by atoms with Crippen molar-refractivity contribution in [1.29, 1.82) is 0 Å². The molecule has 1 heterocycles. The summed E-state index contributed by atoms with van der Waals surface area (Å²) in [6.07, 6.45) is 6.01. The third kappa shape index (κ3) is 3.56. The van der Waals surface area contributed by atoms with E-state index >= 15 is 0 Å². The van der Waals surface area contributed by atoms with Crippen LogP contribution >= 0.6 is 0 Å². The van der Waals surface area contributed by atoms with Crippen molar-refractivity contribution in [2.75, 3.05) is 13.6 Å². The number of aryl methyl sites for hydroxylation is 1. The van der Waals surface area contributed by atoms with Gasteiger partial charge in [-0.05, 0) is 56.5 Å². The first kappa shape index (κ1) is 15.2. The Hall–Kier alpha value is -1.67. The molecule has 0 bridgehead atoms. The van der Waals surface area contributed by atoms with Crippen LogP contribution in [0.15, 0.2) is 48.5 Å². The molecular formula is C20H24FN. The number of benzene rings is 2. The third-order valence-corrected chi connectivity index (χ3v) is 4.81. The van der Waals surface area contributed by atoms with E-state index in [0.29, 0.717) is 11.6 Å². The molecule has 2 heteroatoms. The van der Waals surface area contributed by atoms with E-state index < -0.39 is 0 Å². The number of rotatable bonds is 4. The molecule has 1 unspecified atom stereocenters. The van der Waals surface area contributed by atoms with Crippen LogP contribution < -0.4 is 0 Å². The fourth-order valence-corrected chi connectivity index (χ4v) is 3.41. The van der Waals surface area contributed by atoms with Crippen LogP contribution in [0.5, 0.6) is 0 Å². The Balaban J connectivity index is 1.67. The van der Waals surface area contributed by atoms with Crippen LogP contribution in [0.3, 0.4) is 0 Å². The Labute approximate surface area is 132 Å². The van der Waals surface area contributed by atoms with Gasteiger partial charge < -0.3 is 4.90 Å². The average molecular weight is 297 g/mol. The quantitative estimate of drug-likeness (QED) is 0.775. The van der Waals surface area contributed by atoms with Crippen molar-refractivity contribution in [3.8, 4) is 11.1 Å². The highest BCUT2D eigenvalue weighted by molar-refractivity contribution is 5.64. The summed E-state index contributed by atoms with van der Waals surface area (Å²) in [5.41, 5.74) is 2.74. The lowest BCUT2D eigenvalue weighted by Crippen LogP contribution is -2.36. The largest absolute Gasteiger partial charge is 0.303 e. The molecule has 22 heavy (non-hydrogen) atoms. The smallest absolute Gasteiger partial charge is 0.131 e. The second-order valence-corrected chi connectivity index (χ2v) is 6.35. The number of halogens is 1. The van der Waals surface area contributed by atoms with E-state index in [9.17, 15) is 4.39 Å². The molecule has 0 aliphatic carbocycles. The van der Waals surface area contributed by atoms with Gasteiger partial charge >= 0.3 is 0 Å². The molecular weight excluding hydrogens is 273 g/mol. The molecule has 1 fully saturated rings. The molecule has 0 N–H and O–H groups in total. The van der Waals surface area contributed by atoms with Gasteiger partial charge in [0.15, 0.2) is 0 Å². The fourth-order valence-electron chi connectivity index (χ4n) is 3.41. The monoisotopic (exact) mass is 297 g/mol. The van der Waals surface area contributed by atoms with Crippen molar-refractivity contribution in [3.63, 3.8) is 0 Å². The lowest BCUT2D eigenvalue weighted by atomic mass is 9.95. The van der Waals surface area contributed by atoms with E-state index in [2.05, 4.69) is 18.0 Å². The fraction of sp³-hybridized carbons (Fsp3) is 0.400. The number of hydrogen-bond donors (Lipinski definition) is 0. The van der Waals surface area contributed by atoms with E-state index in [4.69, 9.17) is 0 Å². The summed E-state index contributed by atoms with van der Waals surface area (Å²) in [7, 11) is 2.21. The zero-order valence-corrected chi connectivity index (χ0v) is 13.3. The maximum atomic E-state index is 14.4. The van der Waals surface area contributed by atoms with Gasteiger partial charge in [0.05, 0.1) is 0 Å². The summed E-state index contributed by atoms with van der Waals surface area (Å²) in [5.74, 6) is -0.110. The molecule has 1 saturated heterocycles. The zero-order valence-electron chi connectivity index (χ0n) is 13.3. The Morgan fingerprint density at radius 1 is 1.09 bits per heavy atom. The molecule has 0 spiro atoms. The standard InChI is InChI=1S/C20H24FN/c1-22-14-6-5-9-18(22)12-10-16-11-13-19(20(21)15-16)17-7-3-2-4-8-17/h2-4,7-8,11,13,15,18H,5-6,9-10,12,14H2,1H3. The minimum atomic E-state index is -0.110. The second kappa shape index (κ2) is 7.06. The van der Waals surface area contributed by atoms with Gasteiger partial charge in [-0.2, -0.15) is 0 Å². The first-order valence-corrected chi connectivity index (χ1v) is 8.28. The van der Waals surface area contributed by atoms with Crippen molar-refractivity contribution in [2.24, 2.45) is 0 Å². The van der Waals surface area contributed by atoms with Gasteiger partial charge in [-0.15, -0.1) is 0 Å². The zero-order chi connectivity index (χ0) is 15.4. The van der Waals surface area contributed by atoms with Crippen LogP contribution in [0.2, 0.25) is 0 Å². The molecule has 2 aromatic rings. The summed E-state index contributed by atoms with van der Waals surface area (Å²) in [6, 6.07) is 16.1. The van der Waals surface area contributed by atoms with E-state index in [-0.39, 0.29) is 5.82 Å². The van der Waals surface area contributed by atoms with Crippen molar-refractivity contribution in [1.82, 2.24) is 4.90 Å². The van der Waals surface area contributed by atoms with Gasteiger partial charge in [0.1, 0.15) is 5.82 Å². The van der Waals surface area contributed by atoms with Crippen LogP contribution in [0.1, 0.15) is 31.2 Å². The molecule has 0 saturated carbocycles. The average Bonchev–Trinajstić information content (AvgIpc) is 2.55. The van der Waals surface area contributed by atoms with Crippen molar-refractivity contribution >= 4 is 0 Å². The van der Waals surface area contributed by atoms with Crippen LogP contribution in [-0.4, -0.2) is 24.5 Å². The number of nitrogens with zero attached hydrogens (tertiary/aromatic N) is 1. The first-order valence-electron chi connectivity index (χ1n) is 8.28. The maximum absolute atomic E-state index is 14.4. The molecule has 3 rings (SSSR count). The van der Waals surface area contributed by atoms with E-state index in [1.165, 1.54) is 25.8 Å². The third-order valence-electron chi connectivity index (χ3n) is 4.81. The van der Waals surface area contributed by atoms with Gasteiger partial charge in [-0.1, -0.05) is 48.9 Å². The second-order valence-electron chi connectivity index (χ2n) is 6.35. The van der Waals surface area contributed by atoms with E-state index in [0.717, 1.165) is 24.0 Å². The van der Waals surface area contributed by atoms with Crippen LogP contribution in [0.25, 0.3) is 11.1 Å². The number of likely N-dealkylation sites (tertiary alicyclic amines) is 1. The lowest BCUT2D eigenvalue weighted by molar-refractivity contribution is 0.176. The first-order chi connectivity index (χ1) is 10.7. The number of hydrogen-bond acceptors (Lipinski definition) is 1. The molecule has 116 valence electrons. The molecule has 1 nitrogen and oxygen atoms in total. The van der Waals surface area contributed by atoms with Gasteiger partial charge in [0.2, 0.25) is 0 Å². The Kier molecular flexibility index (Phi) is 4.89. The SMILES string of the molecule is CN1CCCCC1CCc1ccc(-c2ccccc2)c(F)c1. The molecule has 1 aliphatic rings. The van der Waals surface area contributed by atoms with Crippen LogP contribution in [0.4, 0.5) is 4.39 Å². The summed E-state index contributed by atoms with van der Waals surface area (Å²) in [4.78, 5) is 2.46. The lowest BCUT2D eigenvalue weighted by Gasteiger charge is -2.32. The highest BCUT2D eigenvalue weighted by Gasteiger charge is 2.18. The molecule has 0 radical (unpaired) electrons. The van der Waals surface area contributed by atoms with Gasteiger partial charge in [0, 0.05) is 11.6 Å². The maximum Gasteiger partial charge on any atom is 0.131 e. The highest BCUT2D eigenvalue weighted by atomic mass is 19.1. The van der Waals surface area contributed by atoms with E-state index in [1.54, 1.807) is 6.07 Å². The minimum absolute atomic E-state index is 0.110. The summed E-state index contributed by atoms with van der Waals surface area (Å²) in [5, 5.41) is 0. The summed E-state index contributed by atoms with van der Waals surface area (Å²) in [6.45, 7) is 1.20. The Morgan fingerprint density at radius 2 is 1.91 bits per heavy atom. The summed E-state index contributed by atoms with van der Waals surface area (Å²) < 4.78 is 14.4. The predicted octanol–water partition coefficient (Wildman–Crippen LogP) is 4.91. The van der Waals surface area contributed by atoms with Gasteiger partial charge in [-0.25, -0.2) is 4.39 Å². The Morgan fingerprint density at radius 3 is 2.64 bits per heavy atom. The summed E-state index contributed by atoms with van der Waals surface area (Å²) >= 11 is 0. The van der Waals surface area contributed by atoms with Gasteiger partial charge in [-0.3, -0.25) is 0 Å². The highest BCUT2D eigenvalue weighted by Crippen LogP contribution is 2.25. The van der Waals surface area contributed by atoms with Crippen molar-refractivity contribution in [3.05, 3.63) is 59.9 Å². The minimum Gasteiger partial charge on any atom is -0.303 e. The molecule has 1 aliphatic heterocycles. The topological polar surface area (TPSA) is 3.24 Å². The Bertz CT molecular complexity index is 608.